The highest BCUT2D eigenvalue weighted by Gasteiger charge is 2.36. The third kappa shape index (κ3) is 8.01. The number of alkyl halides is 3. The van der Waals surface area contributed by atoms with Crippen molar-refractivity contribution in [2.45, 2.75) is 51.3 Å². The second kappa shape index (κ2) is 14.7. The first kappa shape index (κ1) is 35.9. The van der Waals surface area contributed by atoms with Gasteiger partial charge in [0.1, 0.15) is 5.82 Å². The maximum Gasteiger partial charge on any atom is 0.417 e. The topological polar surface area (TPSA) is 81.3 Å². The van der Waals surface area contributed by atoms with Crippen molar-refractivity contribution < 1.29 is 22.7 Å². The van der Waals surface area contributed by atoms with Crippen molar-refractivity contribution in [3.05, 3.63) is 93.2 Å². The Morgan fingerprint density at radius 1 is 0.960 bits per heavy atom. The fraction of sp³-hybridized carbons (Fsp3) is 0.486. The van der Waals surface area contributed by atoms with Crippen LogP contribution in [0.4, 0.5) is 34.6 Å². The van der Waals surface area contributed by atoms with Crippen molar-refractivity contribution in [2.24, 2.45) is 0 Å². The van der Waals surface area contributed by atoms with E-state index in [1.54, 1.807) is 6.07 Å². The summed E-state index contributed by atoms with van der Waals surface area (Å²) in [6.07, 6.45) is -3.24. The lowest BCUT2D eigenvalue weighted by Gasteiger charge is -2.44. The van der Waals surface area contributed by atoms with E-state index < -0.39 is 34.9 Å². The number of hydrogen-bond donors (Lipinski definition) is 3. The summed E-state index contributed by atoms with van der Waals surface area (Å²) >= 11 is 0. The summed E-state index contributed by atoms with van der Waals surface area (Å²) in [5, 5.41) is 14.0. The van der Waals surface area contributed by atoms with Crippen LogP contribution in [0.25, 0.3) is 5.57 Å². The molecule has 50 heavy (non-hydrogen) atoms. The van der Waals surface area contributed by atoms with Gasteiger partial charge in [0, 0.05) is 100 Å². The van der Waals surface area contributed by atoms with Gasteiger partial charge in [0.15, 0.2) is 6.23 Å². The highest BCUT2D eigenvalue weighted by Crippen LogP contribution is 2.39. The van der Waals surface area contributed by atoms with Crippen molar-refractivity contribution >= 4 is 22.6 Å². The zero-order valence-corrected chi connectivity index (χ0v) is 29.1. The molecule has 3 aliphatic heterocycles. The van der Waals surface area contributed by atoms with Crippen LogP contribution in [-0.4, -0.2) is 103 Å². The maximum atomic E-state index is 16.0. The molecule has 0 spiro atoms. The van der Waals surface area contributed by atoms with Gasteiger partial charge in [-0.25, -0.2) is 4.39 Å². The summed E-state index contributed by atoms with van der Waals surface area (Å²) in [6.45, 7) is 11.4. The molecule has 0 radical (unpaired) electrons. The van der Waals surface area contributed by atoms with Crippen molar-refractivity contribution in [1.82, 2.24) is 19.7 Å². The zero-order valence-electron chi connectivity index (χ0n) is 29.1. The van der Waals surface area contributed by atoms with Crippen LogP contribution in [0, 0.1) is 5.82 Å². The van der Waals surface area contributed by atoms with E-state index in [9.17, 15) is 23.1 Å². The molecule has 9 nitrogen and oxygen atoms in total. The highest BCUT2D eigenvalue weighted by atomic mass is 19.4. The van der Waals surface area contributed by atoms with Gasteiger partial charge in [0.2, 0.25) is 5.56 Å². The number of H-pyrrole nitrogens is 1. The number of aromatic amines is 1. The molecule has 1 aromatic heterocycles. The molecule has 2 saturated heterocycles. The molecule has 270 valence electrons. The monoisotopic (exact) mass is 697 g/mol. The third-order valence-corrected chi connectivity index (χ3v) is 10.5. The van der Waals surface area contributed by atoms with Gasteiger partial charge in [-0.3, -0.25) is 14.6 Å². The number of piperazine rings is 2. The minimum Gasteiger partial charge on any atom is -0.369 e. The zero-order chi connectivity index (χ0) is 35.7. The van der Waals surface area contributed by atoms with Crippen LogP contribution in [0.3, 0.4) is 0 Å². The van der Waals surface area contributed by atoms with E-state index >= 15 is 4.39 Å². The van der Waals surface area contributed by atoms with Gasteiger partial charge in [-0.15, -0.1) is 0 Å². The molecule has 3 aromatic rings. The van der Waals surface area contributed by atoms with Gasteiger partial charge in [-0.2, -0.15) is 13.2 Å². The van der Waals surface area contributed by atoms with Crippen LogP contribution in [0.1, 0.15) is 48.8 Å². The first-order chi connectivity index (χ1) is 23.8. The fourth-order valence-corrected chi connectivity index (χ4v) is 7.20. The van der Waals surface area contributed by atoms with E-state index in [0.29, 0.717) is 55.6 Å². The second-order valence-corrected chi connectivity index (χ2v) is 14.0. The SMILES string of the molecule is C[C@@H]1CN(c2cc(F)c(C3=CCN(Cc4ccc(N5CCN(C)CC5)cc4)CC3)cc2NC(O)c2c[nH]c(=O)cc2C(F)(F)F)C[C@H](C)N1C. The Hall–Kier alpha value is -3.91. The first-order valence-electron chi connectivity index (χ1n) is 17.3. The fourth-order valence-electron chi connectivity index (χ4n) is 7.20. The third-order valence-electron chi connectivity index (χ3n) is 10.5. The molecule has 3 N–H and O–H groups in total. The molecule has 0 bridgehead atoms. The van der Waals surface area contributed by atoms with Crippen LogP contribution in [0.15, 0.2) is 59.5 Å². The van der Waals surface area contributed by atoms with Gasteiger partial charge in [-0.1, -0.05) is 18.2 Å². The lowest BCUT2D eigenvalue weighted by Crippen LogP contribution is -2.55. The lowest BCUT2D eigenvalue weighted by atomic mass is 9.96. The lowest BCUT2D eigenvalue weighted by molar-refractivity contribution is -0.139. The van der Waals surface area contributed by atoms with E-state index in [1.807, 2.05) is 18.0 Å². The van der Waals surface area contributed by atoms with E-state index in [-0.39, 0.29) is 12.1 Å². The van der Waals surface area contributed by atoms with Gasteiger partial charge in [-0.05, 0) is 69.8 Å². The number of aliphatic hydroxyl groups excluding tert-OH is 1. The molecule has 2 fully saturated rings. The van der Waals surface area contributed by atoms with Crippen molar-refractivity contribution in [3.63, 3.8) is 0 Å². The molecule has 0 aliphatic carbocycles. The maximum absolute atomic E-state index is 16.0. The number of aliphatic hydroxyl groups is 1. The van der Waals surface area contributed by atoms with Gasteiger partial charge < -0.3 is 30.1 Å². The molecule has 3 aliphatic rings. The number of anilines is 3. The summed E-state index contributed by atoms with van der Waals surface area (Å²) in [4.78, 5) is 25.3. The number of halogens is 4. The number of rotatable bonds is 8. The molecule has 2 aromatic carbocycles. The van der Waals surface area contributed by atoms with Crippen LogP contribution in [0.2, 0.25) is 0 Å². The Balaban J connectivity index is 1.23. The molecule has 13 heteroatoms. The predicted octanol–water partition coefficient (Wildman–Crippen LogP) is 5.21. The summed E-state index contributed by atoms with van der Waals surface area (Å²) < 4.78 is 57.7. The Kier molecular flexibility index (Phi) is 10.6. The standard InChI is InChI=1S/C37H47F4N7O2/c1-24-21-48(22-25(2)45(24)4)34-19-32(38)29(17-33(34)43-36(50)30-20-42-35(49)18-31(30)37(39,40)41)27-9-11-46(12-10-27)23-26-5-7-28(8-6-26)47-15-13-44(3)14-16-47/h5-9,17-20,24-25,36,43,50H,10-16,21-23H2,1-4H3,(H,42,49)/t24-,25+,36?. The molecule has 0 saturated carbocycles. The number of benzene rings is 2. The number of hydrogen-bond acceptors (Lipinski definition) is 8. The van der Waals surface area contributed by atoms with E-state index in [4.69, 9.17) is 0 Å². The van der Waals surface area contributed by atoms with Gasteiger partial charge in [0.05, 0.1) is 16.9 Å². The average Bonchev–Trinajstić information content (AvgIpc) is 3.08. The molecule has 0 amide bonds. The van der Waals surface area contributed by atoms with Gasteiger partial charge in [0.25, 0.3) is 0 Å². The van der Waals surface area contributed by atoms with Crippen LogP contribution in [-0.2, 0) is 12.7 Å². The summed E-state index contributed by atoms with van der Waals surface area (Å²) in [5.41, 5.74) is 1.63. The van der Waals surface area contributed by atoms with Crippen molar-refractivity contribution in [2.75, 3.05) is 81.6 Å². The summed E-state index contributed by atoms with van der Waals surface area (Å²) in [5.74, 6) is -0.432. The van der Waals surface area contributed by atoms with Crippen LogP contribution in [0.5, 0.6) is 0 Å². The average molecular weight is 698 g/mol. The van der Waals surface area contributed by atoms with Crippen LogP contribution >= 0.6 is 0 Å². The Labute approximate surface area is 290 Å². The largest absolute Gasteiger partial charge is 0.417 e. The molecular weight excluding hydrogens is 650 g/mol. The first-order valence-corrected chi connectivity index (χ1v) is 17.3. The molecule has 6 rings (SSSR count). The number of nitrogens with zero attached hydrogens (tertiary/aromatic N) is 5. The summed E-state index contributed by atoms with van der Waals surface area (Å²) in [6, 6.07) is 12.4. The van der Waals surface area contributed by atoms with Gasteiger partial charge >= 0.3 is 6.18 Å². The Bertz CT molecular complexity index is 1720. The van der Waals surface area contributed by atoms with Crippen LogP contribution < -0.4 is 20.7 Å². The number of likely N-dealkylation sites (N-methyl/N-ethyl adjacent to an activating group) is 2. The molecule has 3 atom stereocenters. The number of aromatic nitrogens is 1. The minimum absolute atomic E-state index is 0.130. The van der Waals surface area contributed by atoms with E-state index in [0.717, 1.165) is 44.5 Å². The highest BCUT2D eigenvalue weighted by molar-refractivity contribution is 5.79. The number of nitrogens with one attached hydrogen (secondary N) is 2. The summed E-state index contributed by atoms with van der Waals surface area (Å²) in [7, 11) is 4.17. The van der Waals surface area contributed by atoms with Crippen molar-refractivity contribution in [1.29, 1.82) is 0 Å². The minimum atomic E-state index is -4.86. The second-order valence-electron chi connectivity index (χ2n) is 14.0. The quantitative estimate of drug-likeness (QED) is 0.219. The smallest absolute Gasteiger partial charge is 0.369 e. The molecule has 4 heterocycles. The number of pyridine rings is 1. The van der Waals surface area contributed by atoms with E-state index in [1.165, 1.54) is 17.3 Å². The Morgan fingerprint density at radius 2 is 1.64 bits per heavy atom. The predicted molar refractivity (Wildman–Crippen MR) is 190 cm³/mol. The van der Waals surface area contributed by atoms with E-state index in [2.05, 4.69) is 75.1 Å². The molecular formula is C37H47F4N7O2. The van der Waals surface area contributed by atoms with Crippen molar-refractivity contribution in [3.8, 4) is 0 Å². The molecule has 1 unspecified atom stereocenters. The Morgan fingerprint density at radius 3 is 2.26 bits per heavy atom. The normalized spacial score (nSPS) is 22.1.